The molecule has 2 N–H and O–H groups in total. The zero-order valence-electron chi connectivity index (χ0n) is 20.5. The molecular formula is C31H24N4OS2. The van der Waals surface area contributed by atoms with Gasteiger partial charge >= 0.3 is 0 Å². The average Bonchev–Trinajstić information content (AvgIpc) is 3.55. The van der Waals surface area contributed by atoms with Crippen LogP contribution >= 0.6 is 23.1 Å². The van der Waals surface area contributed by atoms with Crippen molar-refractivity contribution in [1.82, 2.24) is 9.97 Å². The second kappa shape index (κ2) is 10.7. The molecule has 0 aliphatic heterocycles. The minimum Gasteiger partial charge on any atom is -0.332 e. The molecule has 0 bridgehead atoms. The highest BCUT2D eigenvalue weighted by molar-refractivity contribution is 7.99. The number of rotatable bonds is 7. The summed E-state index contributed by atoms with van der Waals surface area (Å²) in [5, 5.41) is 14.3. The topological polar surface area (TPSA) is 81.6 Å². The molecule has 38 heavy (non-hydrogen) atoms. The second-order valence-corrected chi connectivity index (χ2v) is 11.1. The molecular weight excluding hydrogens is 509 g/mol. The van der Waals surface area contributed by atoms with Gasteiger partial charge in [0, 0.05) is 28.2 Å². The van der Waals surface area contributed by atoms with Crippen molar-refractivity contribution in [3.8, 4) is 39.0 Å². The maximum atomic E-state index is 12.9. The van der Waals surface area contributed by atoms with Gasteiger partial charge in [0.15, 0.2) is 5.16 Å². The summed E-state index contributed by atoms with van der Waals surface area (Å²) in [6.45, 7) is 0. The molecule has 0 atom stereocenters. The van der Waals surface area contributed by atoms with E-state index in [0.29, 0.717) is 22.7 Å². The van der Waals surface area contributed by atoms with Crippen LogP contribution < -0.4 is 5.32 Å². The second-order valence-electron chi connectivity index (χ2n) is 9.03. The molecule has 0 saturated heterocycles. The van der Waals surface area contributed by atoms with Gasteiger partial charge in [0.25, 0.3) is 0 Å². The number of amides is 1. The van der Waals surface area contributed by atoms with E-state index in [9.17, 15) is 10.1 Å². The van der Waals surface area contributed by atoms with Crippen LogP contribution in [0.5, 0.6) is 0 Å². The fourth-order valence-electron chi connectivity index (χ4n) is 4.82. The van der Waals surface area contributed by atoms with Crippen LogP contribution in [-0.4, -0.2) is 21.6 Å². The first-order valence-electron chi connectivity index (χ1n) is 12.5. The average molecular weight is 533 g/mol. The number of carbonyl (C=O) groups is 1. The van der Waals surface area contributed by atoms with E-state index in [1.165, 1.54) is 34.2 Å². The van der Waals surface area contributed by atoms with Gasteiger partial charge in [-0.1, -0.05) is 96.7 Å². The Labute approximate surface area is 229 Å². The number of thioether (sulfide) groups is 1. The first-order valence-corrected chi connectivity index (χ1v) is 14.3. The van der Waals surface area contributed by atoms with Gasteiger partial charge in [0.05, 0.1) is 17.0 Å². The first kappa shape index (κ1) is 24.2. The van der Waals surface area contributed by atoms with Crippen molar-refractivity contribution in [2.45, 2.75) is 24.4 Å². The summed E-state index contributed by atoms with van der Waals surface area (Å²) in [5.41, 5.74) is 8.09. The van der Waals surface area contributed by atoms with Gasteiger partial charge in [0.2, 0.25) is 5.91 Å². The molecule has 1 amide bonds. The van der Waals surface area contributed by atoms with Crippen LogP contribution in [0.15, 0.2) is 90.1 Å². The number of fused-ring (bicyclic) bond motifs is 3. The molecule has 5 nitrogen and oxygen atoms in total. The van der Waals surface area contributed by atoms with Gasteiger partial charge in [-0.2, -0.15) is 5.26 Å². The third kappa shape index (κ3) is 4.76. The van der Waals surface area contributed by atoms with Crippen molar-refractivity contribution >= 4 is 34.0 Å². The molecule has 0 unspecified atom stereocenters. The smallest absolute Gasteiger partial charge is 0.225 e. The van der Waals surface area contributed by atoms with Crippen molar-refractivity contribution in [1.29, 1.82) is 5.26 Å². The lowest BCUT2D eigenvalue weighted by Gasteiger charge is -2.15. The van der Waals surface area contributed by atoms with Crippen molar-refractivity contribution in [2.75, 3.05) is 11.1 Å². The summed E-state index contributed by atoms with van der Waals surface area (Å²) in [6, 6.07) is 30.9. The number of nitrogens with one attached hydrogen (secondary N) is 2. The van der Waals surface area contributed by atoms with Gasteiger partial charge < -0.3 is 10.3 Å². The maximum absolute atomic E-state index is 12.9. The quantitative estimate of drug-likeness (QED) is 0.212. The number of carbonyl (C=O) groups excluding carboxylic acids is 1. The number of aromatic amines is 1. The molecule has 2 aromatic heterocycles. The first-order chi connectivity index (χ1) is 18.7. The third-order valence-corrected chi connectivity index (χ3v) is 8.69. The van der Waals surface area contributed by atoms with Crippen LogP contribution in [0.3, 0.4) is 0 Å². The Bertz CT molecular complexity index is 1590. The number of benzene rings is 3. The highest BCUT2D eigenvalue weighted by Gasteiger charge is 2.25. The molecule has 0 spiro atoms. The fraction of sp³-hybridized carbons (Fsp3) is 0.129. The van der Waals surface area contributed by atoms with Crippen LogP contribution in [0, 0.1) is 11.3 Å². The Morgan fingerprint density at radius 3 is 2.45 bits per heavy atom. The summed E-state index contributed by atoms with van der Waals surface area (Å²) in [6.07, 6.45) is 2.05. The van der Waals surface area contributed by atoms with E-state index in [2.05, 4.69) is 52.8 Å². The molecule has 0 fully saturated rings. The molecule has 5 aromatic rings. The predicted octanol–water partition coefficient (Wildman–Crippen LogP) is 7.56. The number of hydrogen-bond donors (Lipinski definition) is 2. The summed E-state index contributed by atoms with van der Waals surface area (Å²) < 4.78 is 0. The van der Waals surface area contributed by atoms with E-state index in [1.54, 1.807) is 0 Å². The van der Waals surface area contributed by atoms with E-state index < -0.39 is 0 Å². The third-order valence-electron chi connectivity index (χ3n) is 6.64. The van der Waals surface area contributed by atoms with Crippen molar-refractivity contribution in [3.05, 3.63) is 102 Å². The minimum atomic E-state index is -0.0981. The number of nitriles is 1. The number of thiophene rings is 1. The Hall–Kier alpha value is -4.12. The van der Waals surface area contributed by atoms with E-state index in [-0.39, 0.29) is 5.91 Å². The molecule has 186 valence electrons. The van der Waals surface area contributed by atoms with E-state index in [4.69, 9.17) is 4.98 Å². The van der Waals surface area contributed by atoms with Gasteiger partial charge in [-0.25, -0.2) is 4.98 Å². The van der Waals surface area contributed by atoms with Gasteiger partial charge in [-0.15, -0.1) is 11.3 Å². The van der Waals surface area contributed by atoms with Gasteiger partial charge in [-0.3, -0.25) is 4.79 Å². The number of nitrogens with zero attached hydrogens (tertiary/aromatic N) is 2. The number of anilines is 1. The van der Waals surface area contributed by atoms with Crippen LogP contribution in [-0.2, 0) is 17.6 Å². The maximum Gasteiger partial charge on any atom is 0.225 e. The lowest BCUT2D eigenvalue weighted by molar-refractivity contribution is -0.115. The van der Waals surface area contributed by atoms with Crippen molar-refractivity contribution < 1.29 is 4.79 Å². The zero-order chi connectivity index (χ0) is 25.9. The minimum absolute atomic E-state index is 0.0981. The summed E-state index contributed by atoms with van der Waals surface area (Å²) in [4.78, 5) is 22.3. The van der Waals surface area contributed by atoms with Gasteiger partial charge in [-0.05, 0) is 29.5 Å². The summed E-state index contributed by atoms with van der Waals surface area (Å²) in [5.74, 6) is 0.469. The Morgan fingerprint density at radius 2 is 1.68 bits per heavy atom. The molecule has 7 heteroatoms. The highest BCUT2D eigenvalue weighted by Crippen LogP contribution is 2.44. The fourth-order valence-corrected chi connectivity index (χ4v) is 6.90. The van der Waals surface area contributed by atoms with E-state index >= 15 is 0 Å². The highest BCUT2D eigenvalue weighted by atomic mass is 32.2. The van der Waals surface area contributed by atoms with Crippen molar-refractivity contribution in [2.24, 2.45) is 0 Å². The summed E-state index contributed by atoms with van der Waals surface area (Å²) >= 11 is 3.03. The van der Waals surface area contributed by atoms with Crippen LogP contribution in [0.1, 0.15) is 23.1 Å². The Balaban J connectivity index is 1.16. The van der Waals surface area contributed by atoms with E-state index in [1.807, 2.05) is 48.5 Å². The molecule has 6 rings (SSSR count). The van der Waals surface area contributed by atoms with Crippen LogP contribution in [0.25, 0.3) is 33.0 Å². The Kier molecular flexibility index (Phi) is 6.82. The molecule has 3 aromatic carbocycles. The predicted molar refractivity (Wildman–Crippen MR) is 155 cm³/mol. The zero-order valence-corrected chi connectivity index (χ0v) is 22.2. The monoisotopic (exact) mass is 532 g/mol. The van der Waals surface area contributed by atoms with Crippen molar-refractivity contribution in [3.63, 3.8) is 0 Å². The molecule has 1 aliphatic rings. The molecule has 0 radical (unpaired) electrons. The van der Waals surface area contributed by atoms with Crippen LogP contribution in [0.2, 0.25) is 0 Å². The largest absolute Gasteiger partial charge is 0.332 e. The lowest BCUT2D eigenvalue weighted by Crippen LogP contribution is -2.12. The van der Waals surface area contributed by atoms with E-state index in [0.717, 1.165) is 51.0 Å². The molecule has 2 heterocycles. The summed E-state index contributed by atoms with van der Waals surface area (Å²) in [7, 11) is 0. The number of aromatic nitrogens is 2. The Morgan fingerprint density at radius 1 is 0.974 bits per heavy atom. The number of H-pyrrole nitrogens is 1. The molecule has 0 saturated carbocycles. The lowest BCUT2D eigenvalue weighted by atomic mass is 9.90. The number of hydrogen-bond acceptors (Lipinski definition) is 5. The standard InChI is InChI=1S/C31H24N4OS2/c32-19-25-24-16-15-20-9-7-8-14-23(20)29(24)38-30(25)33-26(36)17-18-37-31-34-27(21-10-3-1-4-11-21)28(35-31)22-12-5-2-6-13-22/h1-14H,15-18H2,(H,33,36)(H,34,35). The van der Waals surface area contributed by atoms with Crippen LogP contribution in [0.4, 0.5) is 5.00 Å². The SMILES string of the molecule is N#Cc1c(NC(=O)CCSc2nc(-c3ccccc3)c(-c3ccccc3)[nH]2)sc2c1CCc1ccccc1-2. The molecule has 1 aliphatic carbocycles. The number of aryl methyl sites for hydroxylation is 1. The number of imidazole rings is 1. The van der Waals surface area contributed by atoms with Gasteiger partial charge in [0.1, 0.15) is 11.1 Å². The normalized spacial score (nSPS) is 11.9.